The third kappa shape index (κ3) is 4.71. The molecule has 1 heteroatoms. The number of hydrogen-bond donors (Lipinski definition) is 0. The number of benzene rings is 11. The summed E-state index contributed by atoms with van der Waals surface area (Å²) < 4.78 is 6.82. The molecule has 0 bridgehead atoms. The van der Waals surface area contributed by atoms with Crippen LogP contribution in [-0.2, 0) is 11.8 Å². The van der Waals surface area contributed by atoms with Gasteiger partial charge in [0.25, 0.3) is 0 Å². The van der Waals surface area contributed by atoms with E-state index in [4.69, 9.17) is 4.42 Å². The zero-order chi connectivity index (χ0) is 41.2. The van der Waals surface area contributed by atoms with Crippen molar-refractivity contribution >= 4 is 54.3 Å². The zero-order valence-electron chi connectivity index (χ0n) is 34.4. The number of fused-ring (bicyclic) bond motifs is 9. The van der Waals surface area contributed by atoms with Crippen molar-refractivity contribution in [3.05, 3.63) is 252 Å². The lowest BCUT2D eigenvalue weighted by molar-refractivity contribution is 0.661. The predicted molar refractivity (Wildman–Crippen MR) is 263 cm³/mol. The Balaban J connectivity index is 1.00. The van der Waals surface area contributed by atoms with Crippen molar-refractivity contribution in [3.8, 4) is 44.5 Å². The molecule has 11 aromatic carbocycles. The van der Waals surface area contributed by atoms with Crippen LogP contribution in [0.1, 0.15) is 33.4 Å². The summed E-state index contributed by atoms with van der Waals surface area (Å²) in [6.45, 7) is 0. The molecule has 1 heterocycles. The predicted octanol–water partition coefficient (Wildman–Crippen LogP) is 16.3. The summed E-state index contributed by atoms with van der Waals surface area (Å²) in [7, 11) is 0. The average molecular weight is 799 g/mol. The fraction of sp³-hybridized carbons (Fsp3) is 0.0323. The van der Waals surface area contributed by atoms with E-state index in [9.17, 15) is 0 Å². The van der Waals surface area contributed by atoms with Crippen molar-refractivity contribution in [1.82, 2.24) is 0 Å². The SMILES string of the molecule is c1ccc(-c2ccc(-c3c4ccccc4c(-c4ccc(-c5cc6c7c(c5)oc5cccc(c57)C65c6ccccc6Cc6ccccc65)c5ccccc45)c4ccccc34)cc2)cc1. The Morgan fingerprint density at radius 1 is 0.302 bits per heavy atom. The Morgan fingerprint density at radius 2 is 0.794 bits per heavy atom. The Bertz CT molecular complexity index is 3760. The normalized spacial score (nSPS) is 13.5. The van der Waals surface area contributed by atoms with Gasteiger partial charge in [0.15, 0.2) is 0 Å². The van der Waals surface area contributed by atoms with Crippen LogP contribution in [0.25, 0.3) is 98.8 Å². The number of rotatable bonds is 4. The molecule has 2 aliphatic carbocycles. The second-order valence-electron chi connectivity index (χ2n) is 17.4. The highest BCUT2D eigenvalue weighted by Crippen LogP contribution is 2.60. The molecular weight excluding hydrogens is 761 g/mol. The Hall–Kier alpha value is -8.00. The van der Waals surface area contributed by atoms with Crippen LogP contribution in [0.5, 0.6) is 0 Å². The second-order valence-corrected chi connectivity index (χ2v) is 17.4. The van der Waals surface area contributed by atoms with E-state index in [-0.39, 0.29) is 0 Å². The lowest BCUT2D eigenvalue weighted by Crippen LogP contribution is -2.34. The molecule has 292 valence electrons. The molecule has 0 amide bonds. The standard InChI is InChI=1S/C62H38O/c1-2-15-38(16-3-1)39-29-31-40(32-30-39)58-47-21-8-10-23-49(47)59(50-24-11-9-22-48(50)58)51-34-33-44(45-19-6-7-20-46(45)51)43-36-55-61-57(37-43)63-56-28-14-27-54(60(56)61)62(55)52-25-12-4-17-41(52)35-42-18-5-13-26-53(42)62/h1-34,36-37H,35H2. The van der Waals surface area contributed by atoms with E-state index in [1.165, 1.54) is 121 Å². The van der Waals surface area contributed by atoms with Crippen molar-refractivity contribution in [2.24, 2.45) is 0 Å². The van der Waals surface area contributed by atoms with Gasteiger partial charge in [-0.15, -0.1) is 0 Å². The fourth-order valence-corrected chi connectivity index (χ4v) is 11.8. The molecule has 63 heavy (non-hydrogen) atoms. The van der Waals surface area contributed by atoms with Crippen LogP contribution in [0.3, 0.4) is 0 Å². The van der Waals surface area contributed by atoms with Gasteiger partial charge in [0.05, 0.1) is 5.41 Å². The highest BCUT2D eigenvalue weighted by atomic mass is 16.3. The van der Waals surface area contributed by atoms with Crippen LogP contribution in [0.15, 0.2) is 223 Å². The van der Waals surface area contributed by atoms with Crippen LogP contribution in [0.2, 0.25) is 0 Å². The van der Waals surface area contributed by atoms with Crippen molar-refractivity contribution in [2.75, 3.05) is 0 Å². The van der Waals surface area contributed by atoms with Gasteiger partial charge in [-0.1, -0.05) is 200 Å². The van der Waals surface area contributed by atoms with E-state index in [0.29, 0.717) is 0 Å². The van der Waals surface area contributed by atoms with Gasteiger partial charge in [0.1, 0.15) is 11.2 Å². The third-order valence-electron chi connectivity index (χ3n) is 14.3. The molecule has 0 atom stereocenters. The molecule has 14 rings (SSSR count). The van der Waals surface area contributed by atoms with Crippen molar-refractivity contribution in [2.45, 2.75) is 11.8 Å². The van der Waals surface area contributed by atoms with E-state index in [1.807, 2.05) is 0 Å². The summed E-state index contributed by atoms with van der Waals surface area (Å²) in [6.07, 6.45) is 0.929. The quantitative estimate of drug-likeness (QED) is 0.162. The first-order valence-corrected chi connectivity index (χ1v) is 22.0. The minimum absolute atomic E-state index is 0.447. The minimum Gasteiger partial charge on any atom is -0.456 e. The number of furan rings is 1. The summed E-state index contributed by atoms with van der Waals surface area (Å²) in [5.41, 5.74) is 19.4. The first kappa shape index (κ1) is 34.7. The first-order valence-electron chi connectivity index (χ1n) is 22.0. The summed E-state index contributed by atoms with van der Waals surface area (Å²) in [6, 6.07) is 81.1. The van der Waals surface area contributed by atoms with Gasteiger partial charge < -0.3 is 4.42 Å². The van der Waals surface area contributed by atoms with E-state index < -0.39 is 5.41 Å². The molecule has 0 aliphatic heterocycles. The van der Waals surface area contributed by atoms with E-state index in [2.05, 4.69) is 218 Å². The van der Waals surface area contributed by atoms with Crippen molar-refractivity contribution in [3.63, 3.8) is 0 Å². The molecule has 12 aromatic rings. The minimum atomic E-state index is -0.447. The van der Waals surface area contributed by atoms with Crippen molar-refractivity contribution in [1.29, 1.82) is 0 Å². The first-order chi connectivity index (χ1) is 31.3. The van der Waals surface area contributed by atoms with Crippen molar-refractivity contribution < 1.29 is 4.42 Å². The molecule has 0 N–H and O–H groups in total. The topological polar surface area (TPSA) is 13.1 Å². The largest absolute Gasteiger partial charge is 0.456 e. The van der Waals surface area contributed by atoms with Gasteiger partial charge in [-0.05, 0) is 135 Å². The highest BCUT2D eigenvalue weighted by Gasteiger charge is 2.50. The van der Waals surface area contributed by atoms with Gasteiger partial charge in [0, 0.05) is 10.8 Å². The maximum Gasteiger partial charge on any atom is 0.136 e. The summed E-state index contributed by atoms with van der Waals surface area (Å²) in [4.78, 5) is 0. The Kier molecular flexibility index (Phi) is 7.16. The maximum atomic E-state index is 6.82. The van der Waals surface area contributed by atoms with Crippen LogP contribution in [0, 0.1) is 0 Å². The van der Waals surface area contributed by atoms with E-state index >= 15 is 0 Å². The third-order valence-corrected chi connectivity index (χ3v) is 14.3. The van der Waals surface area contributed by atoms with Gasteiger partial charge in [0.2, 0.25) is 0 Å². The summed E-state index contributed by atoms with van der Waals surface area (Å²) in [5.74, 6) is 0. The van der Waals surface area contributed by atoms with Crippen LogP contribution in [0.4, 0.5) is 0 Å². The van der Waals surface area contributed by atoms with Crippen LogP contribution in [-0.4, -0.2) is 0 Å². The maximum absolute atomic E-state index is 6.82. The molecule has 1 aromatic heterocycles. The second kappa shape index (κ2) is 13.0. The molecule has 1 spiro atoms. The molecule has 0 fully saturated rings. The Morgan fingerprint density at radius 3 is 1.46 bits per heavy atom. The lowest BCUT2D eigenvalue weighted by Gasteiger charge is -2.40. The summed E-state index contributed by atoms with van der Waals surface area (Å²) >= 11 is 0. The van der Waals surface area contributed by atoms with Crippen LogP contribution >= 0.6 is 0 Å². The Labute approximate surface area is 365 Å². The monoisotopic (exact) mass is 798 g/mol. The summed E-state index contributed by atoms with van der Waals surface area (Å²) in [5, 5.41) is 9.95. The highest BCUT2D eigenvalue weighted by molar-refractivity contribution is 6.24. The van der Waals surface area contributed by atoms with E-state index in [1.54, 1.807) is 0 Å². The van der Waals surface area contributed by atoms with Gasteiger partial charge >= 0.3 is 0 Å². The van der Waals surface area contributed by atoms with Gasteiger partial charge in [-0.3, -0.25) is 0 Å². The molecule has 0 saturated carbocycles. The molecule has 1 nitrogen and oxygen atoms in total. The lowest BCUT2D eigenvalue weighted by atomic mass is 9.61. The molecule has 0 saturated heterocycles. The van der Waals surface area contributed by atoms with Crippen LogP contribution < -0.4 is 0 Å². The smallest absolute Gasteiger partial charge is 0.136 e. The molecule has 0 radical (unpaired) electrons. The zero-order valence-corrected chi connectivity index (χ0v) is 34.4. The average Bonchev–Trinajstić information content (AvgIpc) is 3.88. The molecule has 2 aliphatic rings. The molecular formula is C62H38O. The van der Waals surface area contributed by atoms with Gasteiger partial charge in [-0.2, -0.15) is 0 Å². The van der Waals surface area contributed by atoms with E-state index in [0.717, 1.165) is 17.6 Å². The number of hydrogen-bond acceptors (Lipinski definition) is 1. The molecule has 0 unspecified atom stereocenters. The van der Waals surface area contributed by atoms with Gasteiger partial charge in [-0.25, -0.2) is 0 Å². The fourth-order valence-electron chi connectivity index (χ4n) is 11.8.